The molecule has 94 valence electrons. The van der Waals surface area contributed by atoms with Crippen LogP contribution in [0.25, 0.3) is 0 Å². The molecule has 2 N–H and O–H groups in total. The molecule has 2 aromatic rings. The minimum absolute atomic E-state index is 0.586. The smallest absolute Gasteiger partial charge is 0.213 e. The van der Waals surface area contributed by atoms with Crippen molar-refractivity contribution in [1.29, 1.82) is 0 Å². The van der Waals surface area contributed by atoms with Crippen molar-refractivity contribution < 1.29 is 4.74 Å². The average Bonchev–Trinajstić information content (AvgIpc) is 2.46. The van der Waals surface area contributed by atoms with Gasteiger partial charge in [0.2, 0.25) is 5.88 Å². The summed E-state index contributed by atoms with van der Waals surface area (Å²) in [4.78, 5) is 5.60. The summed E-state index contributed by atoms with van der Waals surface area (Å²) in [7, 11) is 1.63. The molecule has 0 aliphatic rings. The monoisotopic (exact) mass is 260 g/mol. The molecule has 0 atom stereocenters. The molecule has 0 spiro atoms. The van der Waals surface area contributed by atoms with Crippen LogP contribution in [-0.4, -0.2) is 12.1 Å². The molecule has 0 fully saturated rings. The third-order valence-corrected chi connectivity index (χ3v) is 3.58. The predicted octanol–water partition coefficient (Wildman–Crippen LogP) is 2.84. The summed E-state index contributed by atoms with van der Waals surface area (Å²) < 4.78 is 5.10. The van der Waals surface area contributed by atoms with E-state index in [1.165, 1.54) is 4.90 Å². The van der Waals surface area contributed by atoms with Gasteiger partial charge in [-0.15, -0.1) is 11.8 Å². The molecule has 0 saturated heterocycles. The summed E-state index contributed by atoms with van der Waals surface area (Å²) >= 11 is 1.75. The highest BCUT2D eigenvalue weighted by Crippen LogP contribution is 2.23. The van der Waals surface area contributed by atoms with Crippen LogP contribution in [-0.2, 0) is 12.3 Å². The second-order valence-electron chi connectivity index (χ2n) is 3.81. The average molecular weight is 260 g/mol. The fourth-order valence-corrected chi connectivity index (χ4v) is 2.33. The summed E-state index contributed by atoms with van der Waals surface area (Å²) in [5.41, 5.74) is 7.73. The Morgan fingerprint density at radius 1 is 1.17 bits per heavy atom. The van der Waals surface area contributed by atoms with E-state index in [9.17, 15) is 0 Å². The van der Waals surface area contributed by atoms with Crippen molar-refractivity contribution in [2.75, 3.05) is 7.11 Å². The van der Waals surface area contributed by atoms with E-state index < -0.39 is 0 Å². The lowest BCUT2D eigenvalue weighted by Gasteiger charge is -2.04. The first-order valence-electron chi connectivity index (χ1n) is 5.73. The fourth-order valence-electron chi connectivity index (χ4n) is 1.53. The molecule has 1 aromatic carbocycles. The van der Waals surface area contributed by atoms with E-state index in [4.69, 9.17) is 10.5 Å². The van der Waals surface area contributed by atoms with Crippen molar-refractivity contribution in [2.24, 2.45) is 5.73 Å². The predicted molar refractivity (Wildman–Crippen MR) is 74.7 cm³/mol. The summed E-state index contributed by atoms with van der Waals surface area (Å²) in [5, 5.41) is 0. The second-order valence-corrected chi connectivity index (χ2v) is 4.86. The van der Waals surface area contributed by atoms with Crippen molar-refractivity contribution in [3.8, 4) is 5.88 Å². The number of ether oxygens (including phenoxy) is 1. The number of rotatable bonds is 5. The molecule has 4 heteroatoms. The minimum atomic E-state index is 0.586. The number of nitrogens with zero attached hydrogens (tertiary/aromatic N) is 1. The summed E-state index contributed by atoms with van der Waals surface area (Å²) in [6.45, 7) is 0.586. The van der Waals surface area contributed by atoms with Crippen LogP contribution in [0.3, 0.4) is 0 Å². The van der Waals surface area contributed by atoms with E-state index >= 15 is 0 Å². The third-order valence-electron chi connectivity index (χ3n) is 2.54. The van der Waals surface area contributed by atoms with Gasteiger partial charge in [-0.05, 0) is 23.8 Å². The van der Waals surface area contributed by atoms with E-state index in [1.807, 2.05) is 18.2 Å². The molecule has 0 bridgehead atoms. The number of aromatic nitrogens is 1. The second kappa shape index (κ2) is 6.42. The number of benzene rings is 1. The maximum atomic E-state index is 5.57. The zero-order valence-corrected chi connectivity index (χ0v) is 11.1. The molecule has 0 saturated carbocycles. The molecular formula is C14H16N2OS. The van der Waals surface area contributed by atoms with Crippen molar-refractivity contribution in [3.05, 3.63) is 53.7 Å². The number of hydrogen-bond acceptors (Lipinski definition) is 4. The van der Waals surface area contributed by atoms with Gasteiger partial charge in [-0.3, -0.25) is 0 Å². The molecule has 1 aromatic heterocycles. The zero-order valence-electron chi connectivity index (χ0n) is 10.3. The van der Waals surface area contributed by atoms with Crippen molar-refractivity contribution in [2.45, 2.75) is 17.2 Å². The van der Waals surface area contributed by atoms with Gasteiger partial charge in [-0.1, -0.05) is 18.2 Å². The fraction of sp³-hybridized carbons (Fsp3) is 0.214. The Hall–Kier alpha value is -1.52. The van der Waals surface area contributed by atoms with E-state index in [-0.39, 0.29) is 0 Å². The number of nitrogens with two attached hydrogens (primary N) is 1. The van der Waals surface area contributed by atoms with Crippen molar-refractivity contribution in [1.82, 2.24) is 4.98 Å². The molecule has 0 radical (unpaired) electrons. The lowest BCUT2D eigenvalue weighted by molar-refractivity contribution is 0.397. The Bertz CT molecular complexity index is 499. The van der Waals surface area contributed by atoms with Gasteiger partial charge in [0, 0.05) is 23.3 Å². The molecule has 2 rings (SSSR count). The number of methoxy groups -OCH3 is 1. The van der Waals surface area contributed by atoms with Crippen molar-refractivity contribution >= 4 is 11.8 Å². The molecular weight excluding hydrogens is 244 g/mol. The Kier molecular flexibility index (Phi) is 4.61. The SMILES string of the molecule is COc1cccc(CSc2ccc(CN)cc2)n1. The number of hydrogen-bond donors (Lipinski definition) is 1. The number of thioether (sulfide) groups is 1. The summed E-state index contributed by atoms with van der Waals surface area (Å²) in [5.74, 6) is 1.49. The zero-order chi connectivity index (χ0) is 12.8. The molecule has 18 heavy (non-hydrogen) atoms. The van der Waals surface area contributed by atoms with Crippen LogP contribution in [0.1, 0.15) is 11.3 Å². The first-order chi connectivity index (χ1) is 8.81. The molecule has 0 amide bonds. The highest BCUT2D eigenvalue weighted by atomic mass is 32.2. The maximum absolute atomic E-state index is 5.57. The van der Waals surface area contributed by atoms with Crippen LogP contribution >= 0.6 is 11.8 Å². The number of pyridine rings is 1. The lowest BCUT2D eigenvalue weighted by Crippen LogP contribution is -1.95. The first kappa shape index (κ1) is 12.9. The summed E-state index contributed by atoms with van der Waals surface area (Å²) in [6, 6.07) is 14.1. The van der Waals surface area contributed by atoms with E-state index in [1.54, 1.807) is 18.9 Å². The molecule has 1 heterocycles. The maximum Gasteiger partial charge on any atom is 0.213 e. The molecule has 0 aliphatic carbocycles. The standard InChI is InChI=1S/C14H16N2OS/c1-17-14-4-2-3-12(16-14)10-18-13-7-5-11(9-15)6-8-13/h2-8H,9-10,15H2,1H3. The first-order valence-corrected chi connectivity index (χ1v) is 6.72. The van der Waals surface area contributed by atoms with Crippen LogP contribution in [0.4, 0.5) is 0 Å². The quantitative estimate of drug-likeness (QED) is 0.840. The van der Waals surface area contributed by atoms with Crippen LogP contribution < -0.4 is 10.5 Å². The Morgan fingerprint density at radius 3 is 2.61 bits per heavy atom. The molecule has 3 nitrogen and oxygen atoms in total. The molecule has 0 aliphatic heterocycles. The topological polar surface area (TPSA) is 48.1 Å². The van der Waals surface area contributed by atoms with Gasteiger partial charge >= 0.3 is 0 Å². The highest BCUT2D eigenvalue weighted by molar-refractivity contribution is 7.98. The normalized spacial score (nSPS) is 10.3. The highest BCUT2D eigenvalue weighted by Gasteiger charge is 2.00. The van der Waals surface area contributed by atoms with Crippen LogP contribution in [0.5, 0.6) is 5.88 Å². The summed E-state index contributed by atoms with van der Waals surface area (Å²) in [6.07, 6.45) is 0. The largest absolute Gasteiger partial charge is 0.481 e. The van der Waals surface area contributed by atoms with Gasteiger partial charge < -0.3 is 10.5 Å². The van der Waals surface area contributed by atoms with Gasteiger partial charge in [0.25, 0.3) is 0 Å². The van der Waals surface area contributed by atoms with E-state index in [0.717, 1.165) is 17.0 Å². The third kappa shape index (κ3) is 3.48. The van der Waals surface area contributed by atoms with Gasteiger partial charge in [0.15, 0.2) is 0 Å². The minimum Gasteiger partial charge on any atom is -0.481 e. The van der Waals surface area contributed by atoms with E-state index in [0.29, 0.717) is 12.4 Å². The Labute approximate surface area is 111 Å². The van der Waals surface area contributed by atoms with Gasteiger partial charge in [-0.2, -0.15) is 0 Å². The lowest BCUT2D eigenvalue weighted by atomic mass is 10.2. The van der Waals surface area contributed by atoms with Crippen LogP contribution in [0.15, 0.2) is 47.4 Å². The Balaban J connectivity index is 1.97. The van der Waals surface area contributed by atoms with Gasteiger partial charge in [-0.25, -0.2) is 4.98 Å². The van der Waals surface area contributed by atoms with Gasteiger partial charge in [0.05, 0.1) is 12.8 Å². The van der Waals surface area contributed by atoms with Crippen LogP contribution in [0.2, 0.25) is 0 Å². The van der Waals surface area contributed by atoms with Gasteiger partial charge in [0.1, 0.15) is 0 Å². The molecule has 0 unspecified atom stereocenters. The van der Waals surface area contributed by atoms with E-state index in [2.05, 4.69) is 29.2 Å². The van der Waals surface area contributed by atoms with Crippen molar-refractivity contribution in [3.63, 3.8) is 0 Å². The van der Waals surface area contributed by atoms with Crippen LogP contribution in [0, 0.1) is 0 Å². The Morgan fingerprint density at radius 2 is 1.94 bits per heavy atom.